The van der Waals surface area contributed by atoms with E-state index in [1.807, 2.05) is 30.9 Å². The molecule has 0 aliphatic carbocycles. The average Bonchev–Trinajstić information content (AvgIpc) is 2.87. The molecule has 140 valence electrons. The first-order chi connectivity index (χ1) is 12.5. The molecule has 1 fully saturated rings. The minimum Gasteiger partial charge on any atom is -0.378 e. The first-order valence-electron chi connectivity index (χ1n) is 9.55. The highest BCUT2D eigenvalue weighted by molar-refractivity contribution is 6.35. The summed E-state index contributed by atoms with van der Waals surface area (Å²) in [5.41, 5.74) is 4.17. The number of aryl methyl sites for hydroxylation is 2. The van der Waals surface area contributed by atoms with E-state index in [1.165, 1.54) is 4.90 Å². The summed E-state index contributed by atoms with van der Waals surface area (Å²) >= 11 is 0. The van der Waals surface area contributed by atoms with Crippen molar-refractivity contribution in [3.05, 3.63) is 40.6 Å². The molecule has 5 nitrogen and oxygen atoms in total. The van der Waals surface area contributed by atoms with Gasteiger partial charge < -0.3 is 9.64 Å². The smallest absolute Gasteiger partial charge is 0.277 e. The van der Waals surface area contributed by atoms with Crippen molar-refractivity contribution in [1.82, 2.24) is 9.80 Å². The summed E-state index contributed by atoms with van der Waals surface area (Å²) in [5, 5.41) is 0. The molecule has 2 heterocycles. The Kier molecular flexibility index (Phi) is 5.77. The monoisotopic (exact) mass is 356 g/mol. The zero-order valence-corrected chi connectivity index (χ0v) is 16.0. The van der Waals surface area contributed by atoms with Crippen LogP contribution in [0.25, 0.3) is 5.57 Å². The zero-order valence-electron chi connectivity index (χ0n) is 16.0. The van der Waals surface area contributed by atoms with Gasteiger partial charge in [-0.2, -0.15) is 0 Å². The van der Waals surface area contributed by atoms with Crippen LogP contribution in [0.5, 0.6) is 0 Å². The van der Waals surface area contributed by atoms with Crippen LogP contribution in [-0.4, -0.2) is 54.5 Å². The fourth-order valence-electron chi connectivity index (χ4n) is 3.70. The maximum Gasteiger partial charge on any atom is 0.277 e. The summed E-state index contributed by atoms with van der Waals surface area (Å²) < 4.78 is 5.43. The van der Waals surface area contributed by atoms with Crippen molar-refractivity contribution in [2.24, 2.45) is 0 Å². The normalized spacial score (nSPS) is 18.3. The largest absolute Gasteiger partial charge is 0.378 e. The minimum atomic E-state index is -0.153. The lowest BCUT2D eigenvalue weighted by Crippen LogP contribution is -2.40. The van der Waals surface area contributed by atoms with Gasteiger partial charge in [-0.05, 0) is 31.4 Å². The molecule has 0 atom stereocenters. The Balaban J connectivity index is 2.02. The second-order valence-corrected chi connectivity index (χ2v) is 7.11. The van der Waals surface area contributed by atoms with E-state index in [-0.39, 0.29) is 11.8 Å². The van der Waals surface area contributed by atoms with Gasteiger partial charge in [0.25, 0.3) is 11.8 Å². The van der Waals surface area contributed by atoms with Gasteiger partial charge in [0.2, 0.25) is 0 Å². The summed E-state index contributed by atoms with van der Waals surface area (Å²) in [6.45, 7) is 9.11. The number of nitrogens with zero attached hydrogens (tertiary/aromatic N) is 2. The molecular weight excluding hydrogens is 328 g/mol. The molecular formula is C21H28N2O3. The van der Waals surface area contributed by atoms with Gasteiger partial charge in [-0.3, -0.25) is 14.5 Å². The predicted molar refractivity (Wildman–Crippen MR) is 101 cm³/mol. The molecule has 0 bridgehead atoms. The quantitative estimate of drug-likeness (QED) is 0.581. The molecule has 0 spiro atoms. The molecule has 5 heteroatoms. The lowest BCUT2D eigenvalue weighted by Gasteiger charge is -2.29. The van der Waals surface area contributed by atoms with Crippen LogP contribution in [0.1, 0.15) is 42.9 Å². The van der Waals surface area contributed by atoms with Gasteiger partial charge in [-0.1, -0.05) is 43.5 Å². The van der Waals surface area contributed by atoms with E-state index < -0.39 is 0 Å². The van der Waals surface area contributed by atoms with Crippen LogP contribution in [0.2, 0.25) is 0 Å². The number of rotatable bonds is 6. The molecule has 0 N–H and O–H groups in total. The van der Waals surface area contributed by atoms with E-state index in [0.717, 1.165) is 36.0 Å². The van der Waals surface area contributed by atoms with Crippen LogP contribution in [0.4, 0.5) is 0 Å². The topological polar surface area (TPSA) is 49.9 Å². The number of unbranched alkanes of at least 4 members (excludes halogenated alkanes) is 2. The number of carbonyl (C=O) groups excluding carboxylic acids is 2. The molecule has 1 aromatic rings. The molecule has 1 aromatic carbocycles. The van der Waals surface area contributed by atoms with Crippen molar-refractivity contribution in [1.29, 1.82) is 0 Å². The number of carbonyl (C=O) groups is 2. The minimum absolute atomic E-state index is 0.150. The molecule has 1 saturated heterocycles. The highest BCUT2D eigenvalue weighted by Crippen LogP contribution is 2.34. The second-order valence-electron chi connectivity index (χ2n) is 7.11. The summed E-state index contributed by atoms with van der Waals surface area (Å²) in [5.74, 6) is -0.303. The lowest BCUT2D eigenvalue weighted by atomic mass is 9.97. The summed E-state index contributed by atoms with van der Waals surface area (Å²) in [7, 11) is 0. The second kappa shape index (κ2) is 8.04. The molecule has 26 heavy (non-hydrogen) atoms. The highest BCUT2D eigenvalue weighted by Gasteiger charge is 2.41. The van der Waals surface area contributed by atoms with Crippen molar-refractivity contribution < 1.29 is 14.3 Å². The van der Waals surface area contributed by atoms with E-state index in [0.29, 0.717) is 44.1 Å². The fraction of sp³-hybridized carbons (Fsp3) is 0.524. The van der Waals surface area contributed by atoms with Gasteiger partial charge in [0, 0.05) is 19.6 Å². The van der Waals surface area contributed by atoms with Crippen molar-refractivity contribution in [3.63, 3.8) is 0 Å². The first kappa shape index (κ1) is 18.6. The van der Waals surface area contributed by atoms with Gasteiger partial charge in [-0.15, -0.1) is 0 Å². The third-order valence-corrected chi connectivity index (χ3v) is 5.11. The molecule has 2 aliphatic rings. The summed E-state index contributed by atoms with van der Waals surface area (Å²) in [4.78, 5) is 29.8. The van der Waals surface area contributed by atoms with Gasteiger partial charge in [0.1, 0.15) is 5.70 Å². The summed E-state index contributed by atoms with van der Waals surface area (Å²) in [6.07, 6.45) is 2.93. The Bertz CT molecular complexity index is 733. The number of morpholine rings is 1. The molecule has 0 aromatic heterocycles. The Morgan fingerprint density at radius 2 is 1.77 bits per heavy atom. The van der Waals surface area contributed by atoms with Gasteiger partial charge in [-0.25, -0.2) is 0 Å². The maximum absolute atomic E-state index is 13.2. The Morgan fingerprint density at radius 1 is 1.04 bits per heavy atom. The molecule has 2 aliphatic heterocycles. The lowest BCUT2D eigenvalue weighted by molar-refractivity contribution is -0.137. The van der Waals surface area contributed by atoms with Gasteiger partial charge in [0.15, 0.2) is 0 Å². The van der Waals surface area contributed by atoms with E-state index in [9.17, 15) is 9.59 Å². The standard InChI is InChI=1S/C21H28N2O3/c1-4-5-6-9-23-20(24)18(17-8-7-15(2)14-16(17)3)19(21(23)25)22-10-12-26-13-11-22/h7-8,14H,4-6,9-13H2,1-3H3. The SMILES string of the molecule is CCCCCN1C(=O)C(c2ccc(C)cc2C)=C(N2CCOCC2)C1=O. The van der Waals surface area contributed by atoms with Crippen LogP contribution in [0.15, 0.2) is 23.9 Å². The molecule has 0 radical (unpaired) electrons. The zero-order chi connectivity index (χ0) is 18.7. The van der Waals surface area contributed by atoms with E-state index >= 15 is 0 Å². The van der Waals surface area contributed by atoms with Crippen molar-refractivity contribution in [2.75, 3.05) is 32.8 Å². The van der Waals surface area contributed by atoms with Crippen molar-refractivity contribution in [3.8, 4) is 0 Å². The number of hydrogen-bond acceptors (Lipinski definition) is 4. The van der Waals surface area contributed by atoms with Gasteiger partial charge in [0.05, 0.1) is 18.8 Å². The Hall–Kier alpha value is -2.14. The molecule has 2 amide bonds. The third kappa shape index (κ3) is 3.54. The fourth-order valence-corrected chi connectivity index (χ4v) is 3.70. The number of hydrogen-bond donors (Lipinski definition) is 0. The van der Waals surface area contributed by atoms with E-state index in [4.69, 9.17) is 4.74 Å². The van der Waals surface area contributed by atoms with Crippen LogP contribution < -0.4 is 0 Å². The maximum atomic E-state index is 13.2. The molecule has 3 rings (SSSR count). The Labute approximate surface area is 155 Å². The van der Waals surface area contributed by atoms with E-state index in [2.05, 4.69) is 13.0 Å². The average molecular weight is 356 g/mol. The molecule has 0 saturated carbocycles. The first-order valence-corrected chi connectivity index (χ1v) is 9.55. The Morgan fingerprint density at radius 3 is 2.42 bits per heavy atom. The third-order valence-electron chi connectivity index (χ3n) is 5.11. The van der Waals surface area contributed by atoms with Crippen molar-refractivity contribution in [2.45, 2.75) is 40.0 Å². The van der Waals surface area contributed by atoms with Crippen LogP contribution in [0, 0.1) is 13.8 Å². The van der Waals surface area contributed by atoms with Crippen LogP contribution >= 0.6 is 0 Å². The number of imide groups is 1. The highest BCUT2D eigenvalue weighted by atomic mass is 16.5. The molecule has 0 unspecified atom stereocenters. The van der Waals surface area contributed by atoms with Crippen LogP contribution in [-0.2, 0) is 14.3 Å². The number of benzene rings is 1. The predicted octanol–water partition coefficient (Wildman–Crippen LogP) is 2.91. The number of amides is 2. The number of ether oxygens (including phenoxy) is 1. The summed E-state index contributed by atoms with van der Waals surface area (Å²) in [6, 6.07) is 6.04. The van der Waals surface area contributed by atoms with E-state index in [1.54, 1.807) is 0 Å². The van der Waals surface area contributed by atoms with Crippen molar-refractivity contribution >= 4 is 17.4 Å². The van der Waals surface area contributed by atoms with Crippen LogP contribution in [0.3, 0.4) is 0 Å². The van der Waals surface area contributed by atoms with Gasteiger partial charge >= 0.3 is 0 Å².